The van der Waals surface area contributed by atoms with E-state index in [0.29, 0.717) is 7.25 Å². The van der Waals surface area contributed by atoms with E-state index >= 15 is 0 Å². The van der Waals surface area contributed by atoms with Crippen molar-refractivity contribution >= 4 is 30.8 Å². The van der Waals surface area contributed by atoms with Gasteiger partial charge >= 0.3 is 220 Å². The van der Waals surface area contributed by atoms with Crippen LogP contribution in [0.1, 0.15) is 71.0 Å². The van der Waals surface area contributed by atoms with Gasteiger partial charge in [-0.05, 0) is 0 Å². The molecule has 0 nitrogen and oxygen atoms in total. The van der Waals surface area contributed by atoms with Crippen molar-refractivity contribution in [3.63, 3.8) is 0 Å². The summed E-state index contributed by atoms with van der Waals surface area (Å²) in [5.74, 6) is 0. The largest absolute Gasteiger partial charge is 1.00 e. The van der Waals surface area contributed by atoms with Crippen molar-refractivity contribution in [2.45, 2.75) is 85.1 Å². The molecule has 2 atom stereocenters. The predicted molar refractivity (Wildman–Crippen MR) is 156 cm³/mol. The topological polar surface area (TPSA) is 0 Å². The first-order valence-corrected chi connectivity index (χ1v) is 23.6. The maximum absolute atomic E-state index is 5.13. The smallest absolute Gasteiger partial charge is 1.00 e. The van der Waals surface area contributed by atoms with E-state index in [4.69, 9.17) is 4.21 Å². The molecule has 0 saturated heterocycles. The molecule has 0 aromatic heterocycles. The van der Waals surface area contributed by atoms with Crippen LogP contribution in [0.25, 0.3) is 10.4 Å². The fourth-order valence-corrected chi connectivity index (χ4v) is 21.9. The van der Waals surface area contributed by atoms with Gasteiger partial charge in [-0.25, -0.2) is 0 Å². The van der Waals surface area contributed by atoms with Crippen LogP contribution in [0.4, 0.5) is 0 Å². The molecule has 0 bridgehead atoms. The maximum Gasteiger partial charge on any atom is -1.00 e. The van der Waals surface area contributed by atoms with Gasteiger partial charge in [-0.3, -0.25) is 0 Å². The second kappa shape index (κ2) is 13.2. The summed E-state index contributed by atoms with van der Waals surface area (Å²) in [7, 11) is -2.88. The molecule has 0 fully saturated rings. The van der Waals surface area contributed by atoms with Crippen molar-refractivity contribution in [2.75, 3.05) is 0 Å². The first-order valence-electron chi connectivity index (χ1n) is 13.8. The molecule has 2 aliphatic rings. The number of benzene rings is 2. The SMILES string of the molecule is [CH2]=[Zr+2]([CH]1C=C([Si](CC)(CC)CC)c2ccccc21)[CH]1C=C([Si](CC)(CC)CC)c2ccccc21.[Cl-].[Cl-]. The molecular formula is C31H44Cl2Si2Zr. The van der Waals surface area contributed by atoms with Gasteiger partial charge in [-0.15, -0.1) is 0 Å². The third-order valence-electron chi connectivity index (χ3n) is 9.84. The van der Waals surface area contributed by atoms with Crippen molar-refractivity contribution in [3.8, 4) is 0 Å². The number of halogens is 2. The zero-order valence-electron chi connectivity index (χ0n) is 23.1. The van der Waals surface area contributed by atoms with Crippen LogP contribution >= 0.6 is 0 Å². The van der Waals surface area contributed by atoms with Crippen LogP contribution in [0.15, 0.2) is 60.7 Å². The molecule has 0 N–H and O–H groups in total. The normalized spacial score (nSPS) is 18.1. The summed E-state index contributed by atoms with van der Waals surface area (Å²) in [4.78, 5) is 0. The Morgan fingerprint density at radius 2 is 0.889 bits per heavy atom. The van der Waals surface area contributed by atoms with E-state index in [9.17, 15) is 0 Å². The summed E-state index contributed by atoms with van der Waals surface area (Å²) in [6.07, 6.45) is 5.57. The third kappa shape index (κ3) is 5.14. The fraction of sp³-hybridized carbons (Fsp3) is 0.452. The van der Waals surface area contributed by atoms with Gasteiger partial charge in [0.1, 0.15) is 0 Å². The van der Waals surface area contributed by atoms with Crippen molar-refractivity contribution in [1.82, 2.24) is 0 Å². The second-order valence-corrected chi connectivity index (χ2v) is 26.9. The molecule has 2 aromatic carbocycles. The molecule has 0 radical (unpaired) electrons. The van der Waals surface area contributed by atoms with Gasteiger partial charge in [0.25, 0.3) is 0 Å². The Bertz CT molecular complexity index is 1020. The van der Waals surface area contributed by atoms with E-state index in [-0.39, 0.29) is 24.8 Å². The standard InChI is InChI=1S/2C15H21Si.CH2.2ClH.Zr/c2*1-4-16(5-2,6-3)15-12-11-13-9-7-8-10-14(13)15;;;;/h2*7-12H,4-6H2,1-3H3;1H2;2*1H;/q;;;;;+2/p-2. The van der Waals surface area contributed by atoms with Crippen molar-refractivity contribution in [3.05, 3.63) is 82.9 Å². The molecule has 2 aliphatic carbocycles. The van der Waals surface area contributed by atoms with Crippen LogP contribution in [-0.4, -0.2) is 20.4 Å². The zero-order chi connectivity index (χ0) is 24.5. The molecule has 5 heteroatoms. The van der Waals surface area contributed by atoms with Crippen molar-refractivity contribution in [1.29, 1.82) is 0 Å². The van der Waals surface area contributed by atoms with E-state index in [2.05, 4.69) is 102 Å². The minimum atomic E-state index is -2.16. The Morgan fingerprint density at radius 3 is 1.19 bits per heavy atom. The van der Waals surface area contributed by atoms with E-state index in [0.717, 1.165) is 0 Å². The average molecular weight is 635 g/mol. The Hall–Kier alpha value is -0.313. The quantitative estimate of drug-likeness (QED) is 0.352. The summed E-state index contributed by atoms with van der Waals surface area (Å²) in [6, 6.07) is 27.0. The monoisotopic (exact) mass is 632 g/mol. The van der Waals surface area contributed by atoms with E-state index in [1.807, 2.05) is 0 Å². The van der Waals surface area contributed by atoms with Crippen LogP contribution in [0.2, 0.25) is 36.3 Å². The zero-order valence-corrected chi connectivity index (χ0v) is 29.1. The summed E-state index contributed by atoms with van der Waals surface area (Å²) in [5, 5.41) is 3.55. The van der Waals surface area contributed by atoms with Gasteiger partial charge in [-0.2, -0.15) is 0 Å². The van der Waals surface area contributed by atoms with Gasteiger partial charge in [0.15, 0.2) is 0 Å². The summed E-state index contributed by atoms with van der Waals surface area (Å²) in [6.45, 7) is 14.7. The minimum Gasteiger partial charge on any atom is -1.00 e. The van der Waals surface area contributed by atoms with Crippen LogP contribution < -0.4 is 24.8 Å². The fourth-order valence-electron chi connectivity index (χ4n) is 7.09. The van der Waals surface area contributed by atoms with Crippen molar-refractivity contribution < 1.29 is 46.1 Å². The minimum absolute atomic E-state index is 0. The van der Waals surface area contributed by atoms with Crippen LogP contribution in [-0.2, 0) is 21.3 Å². The molecular weight excluding hydrogens is 591 g/mol. The molecule has 2 aromatic rings. The van der Waals surface area contributed by atoms with Crippen molar-refractivity contribution in [2.24, 2.45) is 0 Å². The summed E-state index contributed by atoms with van der Waals surface area (Å²) >= 11 is -2.16. The molecule has 194 valence electrons. The summed E-state index contributed by atoms with van der Waals surface area (Å²) < 4.78 is 6.35. The molecule has 2 unspecified atom stereocenters. The number of fused-ring (bicyclic) bond motifs is 2. The van der Waals surface area contributed by atoms with Crippen LogP contribution in [0.3, 0.4) is 0 Å². The van der Waals surface area contributed by atoms with Gasteiger partial charge in [0, 0.05) is 0 Å². The number of hydrogen-bond donors (Lipinski definition) is 0. The van der Waals surface area contributed by atoms with Gasteiger partial charge in [0.05, 0.1) is 0 Å². The second-order valence-electron chi connectivity index (χ2n) is 10.5. The van der Waals surface area contributed by atoms with Gasteiger partial charge in [-0.1, -0.05) is 0 Å². The molecule has 36 heavy (non-hydrogen) atoms. The first-order chi connectivity index (χ1) is 16.5. The van der Waals surface area contributed by atoms with Crippen LogP contribution in [0.5, 0.6) is 0 Å². The number of allylic oxidation sites excluding steroid dienone is 2. The van der Waals surface area contributed by atoms with E-state index < -0.39 is 37.4 Å². The Kier molecular flexibility index (Phi) is 11.7. The predicted octanol–water partition coefficient (Wildman–Crippen LogP) is 3.42. The Labute approximate surface area is 243 Å². The molecule has 0 amide bonds. The van der Waals surface area contributed by atoms with E-state index in [1.165, 1.54) is 36.3 Å². The number of hydrogen-bond acceptors (Lipinski definition) is 0. The van der Waals surface area contributed by atoms with Gasteiger partial charge < -0.3 is 24.8 Å². The van der Waals surface area contributed by atoms with Crippen LogP contribution in [0, 0.1) is 0 Å². The van der Waals surface area contributed by atoms with E-state index in [1.54, 1.807) is 32.6 Å². The summed E-state index contributed by atoms with van der Waals surface area (Å²) in [5.41, 5.74) is 6.44. The first kappa shape index (κ1) is 31.9. The Balaban J connectivity index is 0.00000228. The maximum atomic E-state index is 5.13. The Morgan fingerprint density at radius 1 is 0.583 bits per heavy atom. The van der Waals surface area contributed by atoms with Gasteiger partial charge in [0.2, 0.25) is 0 Å². The molecule has 4 rings (SSSR count). The molecule has 0 aliphatic heterocycles. The molecule has 0 heterocycles. The average Bonchev–Trinajstić information content (AvgIpc) is 3.47. The molecule has 0 saturated carbocycles. The number of rotatable bonds is 10. The third-order valence-corrected chi connectivity index (χ3v) is 27.4. The molecule has 0 spiro atoms.